The lowest BCUT2D eigenvalue weighted by atomic mass is 9.83. The Balaban J connectivity index is 1.43. The molecule has 5 rings (SSSR count). The number of hydrogen-bond acceptors (Lipinski definition) is 8. The lowest BCUT2D eigenvalue weighted by molar-refractivity contribution is 0.0668. The first-order chi connectivity index (χ1) is 16.9. The SMILES string of the molecule is Cc1cnc(CCN2CC(F)C2)c(Nc2nccc(-c3cc(C#N)c4c(c3)[C@@](C)(CO)CN4)n2)c1. The van der Waals surface area contributed by atoms with Gasteiger partial charge in [-0.2, -0.15) is 5.26 Å². The van der Waals surface area contributed by atoms with Gasteiger partial charge in [-0.3, -0.25) is 9.88 Å². The molecule has 180 valence electrons. The molecular weight excluding hydrogens is 445 g/mol. The van der Waals surface area contributed by atoms with E-state index in [1.165, 1.54) is 0 Å². The molecule has 9 heteroatoms. The maximum absolute atomic E-state index is 13.2. The Bertz CT molecular complexity index is 1300. The largest absolute Gasteiger partial charge is 0.395 e. The van der Waals surface area contributed by atoms with Crippen molar-refractivity contribution in [1.82, 2.24) is 19.9 Å². The van der Waals surface area contributed by atoms with Gasteiger partial charge in [-0.25, -0.2) is 14.4 Å². The maximum Gasteiger partial charge on any atom is 0.227 e. The second-order valence-corrected chi connectivity index (χ2v) is 9.63. The van der Waals surface area contributed by atoms with Crippen molar-refractivity contribution in [2.24, 2.45) is 0 Å². The summed E-state index contributed by atoms with van der Waals surface area (Å²) in [5, 5.41) is 26.3. The first-order valence-electron chi connectivity index (χ1n) is 11.7. The van der Waals surface area contributed by atoms with Gasteiger partial charge in [0.05, 0.1) is 34.9 Å². The normalized spacial score (nSPS) is 19.5. The number of nitrogens with one attached hydrogen (secondary N) is 2. The summed E-state index contributed by atoms with van der Waals surface area (Å²) in [5.41, 5.74) is 5.91. The molecule has 1 aromatic carbocycles. The molecule has 3 N–H and O–H groups in total. The molecule has 0 spiro atoms. The summed E-state index contributed by atoms with van der Waals surface area (Å²) in [6, 6.07) is 9.88. The van der Waals surface area contributed by atoms with Crippen molar-refractivity contribution in [3.8, 4) is 17.3 Å². The number of nitriles is 1. The van der Waals surface area contributed by atoms with E-state index in [2.05, 4.69) is 31.6 Å². The fourth-order valence-corrected chi connectivity index (χ4v) is 4.62. The molecule has 0 saturated carbocycles. The first-order valence-corrected chi connectivity index (χ1v) is 11.7. The van der Waals surface area contributed by atoms with Gasteiger partial charge >= 0.3 is 0 Å². The number of hydrogen-bond donors (Lipinski definition) is 3. The lowest BCUT2D eigenvalue weighted by Gasteiger charge is -2.34. The van der Waals surface area contributed by atoms with E-state index in [9.17, 15) is 14.8 Å². The average molecular weight is 474 g/mol. The van der Waals surface area contributed by atoms with Gasteiger partial charge in [0.1, 0.15) is 12.2 Å². The van der Waals surface area contributed by atoms with Crippen molar-refractivity contribution in [3.05, 3.63) is 59.0 Å². The van der Waals surface area contributed by atoms with Gasteiger partial charge in [0, 0.05) is 56.0 Å². The number of benzene rings is 1. The molecule has 0 bridgehead atoms. The number of likely N-dealkylation sites (tertiary alicyclic amines) is 1. The van der Waals surface area contributed by atoms with Gasteiger partial charge in [-0.05, 0) is 42.3 Å². The van der Waals surface area contributed by atoms with Crippen molar-refractivity contribution >= 4 is 17.3 Å². The molecule has 8 nitrogen and oxygen atoms in total. The predicted octanol–water partition coefficient (Wildman–Crippen LogP) is 3.33. The Labute approximate surface area is 203 Å². The van der Waals surface area contributed by atoms with Crippen LogP contribution in [0.4, 0.5) is 21.7 Å². The maximum atomic E-state index is 13.2. The summed E-state index contributed by atoms with van der Waals surface area (Å²) < 4.78 is 13.2. The fourth-order valence-electron chi connectivity index (χ4n) is 4.62. The number of aryl methyl sites for hydroxylation is 1. The highest BCUT2D eigenvalue weighted by molar-refractivity contribution is 5.76. The van der Waals surface area contributed by atoms with Crippen molar-refractivity contribution < 1.29 is 9.50 Å². The average Bonchev–Trinajstić information content (AvgIpc) is 3.19. The molecule has 2 aliphatic rings. The van der Waals surface area contributed by atoms with E-state index in [1.54, 1.807) is 12.3 Å². The fraction of sp³-hybridized carbons (Fsp3) is 0.385. The molecule has 3 aromatic rings. The third-order valence-corrected chi connectivity index (χ3v) is 6.80. The smallest absolute Gasteiger partial charge is 0.227 e. The third kappa shape index (κ3) is 4.55. The molecule has 0 amide bonds. The Kier molecular flexibility index (Phi) is 6.09. The number of rotatable bonds is 7. The van der Waals surface area contributed by atoms with E-state index in [1.807, 2.05) is 38.2 Å². The van der Waals surface area contributed by atoms with E-state index in [4.69, 9.17) is 4.98 Å². The van der Waals surface area contributed by atoms with Gasteiger partial charge in [0.25, 0.3) is 0 Å². The zero-order chi connectivity index (χ0) is 24.6. The van der Waals surface area contributed by atoms with Gasteiger partial charge in [0.15, 0.2) is 0 Å². The summed E-state index contributed by atoms with van der Waals surface area (Å²) in [4.78, 5) is 15.8. The number of fused-ring (bicyclic) bond motifs is 1. The summed E-state index contributed by atoms with van der Waals surface area (Å²) in [7, 11) is 0. The van der Waals surface area contributed by atoms with Crippen LogP contribution in [0.1, 0.15) is 29.3 Å². The monoisotopic (exact) mass is 473 g/mol. The van der Waals surface area contributed by atoms with E-state index in [0.29, 0.717) is 43.3 Å². The number of aromatic nitrogens is 3. The van der Waals surface area contributed by atoms with Crippen molar-refractivity contribution in [2.75, 3.05) is 43.4 Å². The molecular formula is C26H28FN7O. The van der Waals surface area contributed by atoms with E-state index < -0.39 is 11.6 Å². The number of anilines is 3. The molecule has 0 unspecified atom stereocenters. The topological polar surface area (TPSA) is 110 Å². The zero-order valence-electron chi connectivity index (χ0n) is 19.8. The van der Waals surface area contributed by atoms with Crippen LogP contribution in [-0.4, -0.2) is 63.9 Å². The van der Waals surface area contributed by atoms with Crippen LogP contribution in [0.25, 0.3) is 11.3 Å². The lowest BCUT2D eigenvalue weighted by Crippen LogP contribution is -2.48. The Morgan fingerprint density at radius 2 is 2.14 bits per heavy atom. The Hall–Kier alpha value is -3.61. The second kappa shape index (κ2) is 9.21. The van der Waals surface area contributed by atoms with Gasteiger partial charge in [-0.15, -0.1) is 0 Å². The van der Waals surface area contributed by atoms with Crippen LogP contribution >= 0.6 is 0 Å². The quantitative estimate of drug-likeness (QED) is 0.479. The second-order valence-electron chi connectivity index (χ2n) is 9.63. The summed E-state index contributed by atoms with van der Waals surface area (Å²) >= 11 is 0. The minimum atomic E-state index is -0.721. The molecule has 4 heterocycles. The molecule has 2 aliphatic heterocycles. The Morgan fingerprint density at radius 1 is 1.31 bits per heavy atom. The number of aliphatic hydroxyl groups is 1. The minimum Gasteiger partial charge on any atom is -0.395 e. The summed E-state index contributed by atoms with van der Waals surface area (Å²) in [5.74, 6) is 0.422. The molecule has 35 heavy (non-hydrogen) atoms. The third-order valence-electron chi connectivity index (χ3n) is 6.80. The van der Waals surface area contributed by atoms with E-state index in [0.717, 1.165) is 40.3 Å². The van der Waals surface area contributed by atoms with Crippen LogP contribution < -0.4 is 10.6 Å². The highest BCUT2D eigenvalue weighted by atomic mass is 19.1. The molecule has 2 aromatic heterocycles. The van der Waals surface area contributed by atoms with Crippen LogP contribution in [-0.2, 0) is 11.8 Å². The predicted molar refractivity (Wildman–Crippen MR) is 132 cm³/mol. The Morgan fingerprint density at radius 3 is 2.89 bits per heavy atom. The van der Waals surface area contributed by atoms with E-state index >= 15 is 0 Å². The molecule has 1 atom stereocenters. The minimum absolute atomic E-state index is 0.0234. The highest BCUT2D eigenvalue weighted by Gasteiger charge is 2.36. The van der Waals surface area contributed by atoms with Crippen molar-refractivity contribution in [2.45, 2.75) is 31.9 Å². The number of aliphatic hydroxyl groups excluding tert-OH is 1. The number of pyridine rings is 1. The van der Waals surface area contributed by atoms with Crippen LogP contribution in [0.3, 0.4) is 0 Å². The summed E-state index contributed by atoms with van der Waals surface area (Å²) in [6.07, 6.45) is 3.48. The number of nitrogens with zero attached hydrogens (tertiary/aromatic N) is 5. The molecule has 1 fully saturated rings. The van der Waals surface area contributed by atoms with E-state index in [-0.39, 0.29) is 6.61 Å². The standard InChI is InChI=1S/C26H28FN7O/c1-16-7-23(22(30-11-16)4-6-34-12-19(27)13-34)33-25-29-5-3-21(32-25)17-8-18(10-28)24-20(9-17)26(2,15-35)14-31-24/h3,5,7-9,11,19,31,35H,4,6,12-15H2,1-2H3,(H,29,32,33)/t26-/m1/s1. The van der Waals surface area contributed by atoms with Gasteiger partial charge < -0.3 is 15.7 Å². The molecule has 0 aliphatic carbocycles. The first kappa shape index (κ1) is 23.1. The van der Waals surface area contributed by atoms with Crippen LogP contribution in [0, 0.1) is 18.3 Å². The highest BCUT2D eigenvalue weighted by Crippen LogP contribution is 2.41. The van der Waals surface area contributed by atoms with Gasteiger partial charge in [-0.1, -0.05) is 6.92 Å². The van der Waals surface area contributed by atoms with Crippen molar-refractivity contribution in [1.29, 1.82) is 5.26 Å². The van der Waals surface area contributed by atoms with Crippen molar-refractivity contribution in [3.63, 3.8) is 0 Å². The number of alkyl halides is 1. The molecule has 1 saturated heterocycles. The number of halogens is 1. The van der Waals surface area contributed by atoms with Crippen LogP contribution in [0.5, 0.6) is 0 Å². The van der Waals surface area contributed by atoms with Gasteiger partial charge in [0.2, 0.25) is 5.95 Å². The van der Waals surface area contributed by atoms with Crippen LogP contribution in [0.2, 0.25) is 0 Å². The van der Waals surface area contributed by atoms with Crippen LogP contribution in [0.15, 0.2) is 36.7 Å². The zero-order valence-corrected chi connectivity index (χ0v) is 19.8. The summed E-state index contributed by atoms with van der Waals surface area (Å²) in [6.45, 7) is 6.21. The molecule has 0 radical (unpaired) electrons.